The van der Waals surface area contributed by atoms with E-state index in [1.165, 1.54) is 17.7 Å². The van der Waals surface area contributed by atoms with Gasteiger partial charge in [0.05, 0.1) is 23.5 Å². The molecule has 3 heterocycles. The second-order valence-corrected chi connectivity index (χ2v) is 7.32. The number of halogens is 2. The number of para-hydroxylation sites is 1. The van der Waals surface area contributed by atoms with Gasteiger partial charge >= 0.3 is 0 Å². The minimum absolute atomic E-state index is 0. The first-order valence-corrected chi connectivity index (χ1v) is 9.74. The molecule has 2 aliphatic rings. The molecule has 162 valence electrons. The fourth-order valence-corrected chi connectivity index (χ4v) is 3.98. The average molecular weight is 452 g/mol. The van der Waals surface area contributed by atoms with Crippen LogP contribution in [0.1, 0.15) is 29.6 Å². The smallest absolute Gasteiger partial charge is 0.257 e. The molecule has 0 aliphatic carbocycles. The van der Waals surface area contributed by atoms with Gasteiger partial charge in [-0.2, -0.15) is 0 Å². The van der Waals surface area contributed by atoms with E-state index in [9.17, 15) is 9.59 Å². The van der Waals surface area contributed by atoms with Crippen molar-refractivity contribution in [1.82, 2.24) is 15.2 Å². The highest BCUT2D eigenvalue weighted by atomic mass is 35.5. The molecule has 9 heteroatoms. The Labute approximate surface area is 189 Å². The summed E-state index contributed by atoms with van der Waals surface area (Å²) in [7, 11) is 2.16. The van der Waals surface area contributed by atoms with Crippen LogP contribution < -0.4 is 15.5 Å². The Balaban J connectivity index is 0.00000160. The highest BCUT2D eigenvalue weighted by Gasteiger charge is 2.30. The van der Waals surface area contributed by atoms with Gasteiger partial charge in [-0.15, -0.1) is 24.8 Å². The summed E-state index contributed by atoms with van der Waals surface area (Å²) in [5, 5.41) is 6.12. The normalized spacial score (nSPS) is 17.7. The predicted molar refractivity (Wildman–Crippen MR) is 123 cm³/mol. The third-order valence-corrected chi connectivity index (χ3v) is 5.49. The van der Waals surface area contributed by atoms with E-state index >= 15 is 0 Å². The molecular formula is C21H27Cl2N5O2. The Morgan fingerprint density at radius 1 is 1.23 bits per heavy atom. The van der Waals surface area contributed by atoms with Gasteiger partial charge < -0.3 is 15.5 Å². The van der Waals surface area contributed by atoms with Crippen molar-refractivity contribution >= 4 is 53.8 Å². The fourth-order valence-electron chi connectivity index (χ4n) is 3.98. The number of rotatable bonds is 5. The van der Waals surface area contributed by atoms with Gasteiger partial charge in [0.15, 0.2) is 5.82 Å². The summed E-state index contributed by atoms with van der Waals surface area (Å²) in [5.74, 6) is 0.0733. The van der Waals surface area contributed by atoms with E-state index < -0.39 is 0 Å². The van der Waals surface area contributed by atoms with E-state index in [2.05, 4.69) is 27.6 Å². The van der Waals surface area contributed by atoms with E-state index in [1.807, 2.05) is 6.07 Å². The van der Waals surface area contributed by atoms with Crippen LogP contribution in [0, 0.1) is 0 Å². The number of carbonyl (C=O) groups excluding carboxylic acids is 2. The molecule has 1 aromatic heterocycles. The molecule has 0 bridgehead atoms. The lowest BCUT2D eigenvalue weighted by Gasteiger charge is -2.23. The monoisotopic (exact) mass is 451 g/mol. The summed E-state index contributed by atoms with van der Waals surface area (Å²) in [6.45, 7) is 2.12. The molecule has 30 heavy (non-hydrogen) atoms. The molecular weight excluding hydrogens is 425 g/mol. The van der Waals surface area contributed by atoms with Crippen molar-refractivity contribution in [3.63, 3.8) is 0 Å². The van der Waals surface area contributed by atoms with Crippen molar-refractivity contribution in [3.8, 4) is 0 Å². The maximum absolute atomic E-state index is 13.1. The number of carbonyl (C=O) groups is 2. The average Bonchev–Trinajstić information content (AvgIpc) is 3.06. The molecule has 7 nitrogen and oxygen atoms in total. The lowest BCUT2D eigenvalue weighted by atomic mass is 10.1. The van der Waals surface area contributed by atoms with Gasteiger partial charge in [-0.25, -0.2) is 4.98 Å². The van der Waals surface area contributed by atoms with Crippen molar-refractivity contribution < 1.29 is 9.59 Å². The van der Waals surface area contributed by atoms with Gasteiger partial charge in [-0.3, -0.25) is 14.5 Å². The van der Waals surface area contributed by atoms with Crippen molar-refractivity contribution in [1.29, 1.82) is 0 Å². The van der Waals surface area contributed by atoms with Crippen LogP contribution in [-0.4, -0.2) is 54.4 Å². The number of nitrogens with one attached hydrogen (secondary N) is 2. The largest absolute Gasteiger partial charge is 0.319 e. The van der Waals surface area contributed by atoms with Crippen LogP contribution in [0.3, 0.4) is 0 Å². The zero-order valence-electron chi connectivity index (χ0n) is 16.8. The fraction of sp³-hybridized carbons (Fsp3) is 0.381. The van der Waals surface area contributed by atoms with Crippen molar-refractivity contribution in [2.45, 2.75) is 25.3 Å². The van der Waals surface area contributed by atoms with E-state index in [0.29, 0.717) is 28.8 Å². The Morgan fingerprint density at radius 3 is 2.80 bits per heavy atom. The second-order valence-electron chi connectivity index (χ2n) is 7.32. The molecule has 1 atom stereocenters. The number of fused-ring (bicyclic) bond motifs is 2. The van der Waals surface area contributed by atoms with Gasteiger partial charge in [0.25, 0.3) is 5.91 Å². The second kappa shape index (κ2) is 10.7. The number of hydrogen-bond donors (Lipinski definition) is 2. The standard InChI is InChI=1S/C21H25N5O2.2ClH/c1-25-13-5-6-15(25)10-12-22-14-19(27)26-18-9-3-2-7-16(18)21(28)24-17-8-4-11-23-20(17)26;;/h2-4,7-9,11,15,22H,5-6,10,12-14H2,1H3,(H,24,28);2*1H. The lowest BCUT2D eigenvalue weighted by molar-refractivity contribution is -0.117. The van der Waals surface area contributed by atoms with E-state index in [-0.39, 0.29) is 43.2 Å². The quantitative estimate of drug-likeness (QED) is 0.682. The van der Waals surface area contributed by atoms with Crippen molar-refractivity contribution in [3.05, 3.63) is 48.2 Å². The summed E-state index contributed by atoms with van der Waals surface area (Å²) in [5.41, 5.74) is 1.55. The van der Waals surface area contributed by atoms with Crippen molar-refractivity contribution in [2.75, 3.05) is 36.9 Å². The molecule has 1 saturated heterocycles. The summed E-state index contributed by atoms with van der Waals surface area (Å²) in [4.78, 5) is 34.0. The van der Waals surface area contributed by atoms with Crippen LogP contribution in [-0.2, 0) is 4.79 Å². The SMILES string of the molecule is CN1CCCC1CCNCC(=O)N1c2ccccc2C(=O)Nc2cccnc21.Cl.Cl. The number of amides is 2. The first kappa shape index (κ1) is 24.1. The summed E-state index contributed by atoms with van der Waals surface area (Å²) in [6.07, 6.45) is 5.11. The summed E-state index contributed by atoms with van der Waals surface area (Å²) >= 11 is 0. The maximum atomic E-state index is 13.1. The summed E-state index contributed by atoms with van der Waals surface area (Å²) in [6, 6.07) is 11.2. The first-order chi connectivity index (χ1) is 13.6. The van der Waals surface area contributed by atoms with Gasteiger partial charge in [0, 0.05) is 12.2 Å². The Hall–Kier alpha value is -2.19. The number of hydrogen-bond acceptors (Lipinski definition) is 5. The van der Waals surface area contributed by atoms with Crippen LogP contribution in [0.15, 0.2) is 42.6 Å². The maximum Gasteiger partial charge on any atom is 0.257 e. The summed E-state index contributed by atoms with van der Waals surface area (Å²) < 4.78 is 0. The molecule has 1 aromatic carbocycles. The van der Waals surface area contributed by atoms with E-state index in [4.69, 9.17) is 0 Å². The van der Waals surface area contributed by atoms with Crippen molar-refractivity contribution in [2.24, 2.45) is 0 Å². The molecule has 2 aliphatic heterocycles. The van der Waals surface area contributed by atoms with Gasteiger partial charge in [0.2, 0.25) is 5.91 Å². The number of aromatic nitrogens is 1. The molecule has 1 fully saturated rings. The topological polar surface area (TPSA) is 77.6 Å². The first-order valence-electron chi connectivity index (χ1n) is 9.74. The van der Waals surface area contributed by atoms with Crippen LogP contribution in [0.25, 0.3) is 0 Å². The lowest BCUT2D eigenvalue weighted by Crippen LogP contribution is -2.37. The number of likely N-dealkylation sites (tertiary alicyclic amines) is 1. The predicted octanol–water partition coefficient (Wildman–Crippen LogP) is 3.23. The molecule has 1 unspecified atom stereocenters. The minimum atomic E-state index is -0.239. The van der Waals surface area contributed by atoms with Crippen LogP contribution >= 0.6 is 24.8 Å². The number of benzene rings is 1. The van der Waals surface area contributed by atoms with Crippen LogP contribution in [0.5, 0.6) is 0 Å². The van der Waals surface area contributed by atoms with E-state index in [0.717, 1.165) is 19.5 Å². The number of nitrogens with zero attached hydrogens (tertiary/aromatic N) is 3. The van der Waals surface area contributed by atoms with Gasteiger partial charge in [-0.05, 0) is 63.7 Å². The third kappa shape index (κ3) is 4.92. The molecule has 2 amide bonds. The number of anilines is 3. The molecule has 0 spiro atoms. The number of pyridine rings is 1. The Morgan fingerprint density at radius 2 is 2.03 bits per heavy atom. The zero-order valence-corrected chi connectivity index (χ0v) is 18.5. The van der Waals surface area contributed by atoms with Crippen LogP contribution in [0.4, 0.5) is 17.2 Å². The van der Waals surface area contributed by atoms with Gasteiger partial charge in [0.1, 0.15) is 0 Å². The van der Waals surface area contributed by atoms with Crippen LogP contribution in [0.2, 0.25) is 0 Å². The molecule has 0 radical (unpaired) electrons. The Bertz CT molecular complexity index is 895. The third-order valence-electron chi connectivity index (χ3n) is 5.49. The molecule has 2 aromatic rings. The van der Waals surface area contributed by atoms with Gasteiger partial charge in [-0.1, -0.05) is 12.1 Å². The highest BCUT2D eigenvalue weighted by molar-refractivity contribution is 6.17. The van der Waals surface area contributed by atoms with E-state index in [1.54, 1.807) is 36.5 Å². The minimum Gasteiger partial charge on any atom is -0.319 e. The highest BCUT2D eigenvalue weighted by Crippen LogP contribution is 2.35. The zero-order chi connectivity index (χ0) is 19.5. The molecule has 0 saturated carbocycles. The molecule has 2 N–H and O–H groups in total. The Kier molecular flexibility index (Phi) is 8.61. The molecule has 4 rings (SSSR count).